The first-order chi connectivity index (χ1) is 11.8. The lowest BCUT2D eigenvalue weighted by molar-refractivity contribution is 0.0335. The van der Waals surface area contributed by atoms with Crippen molar-refractivity contribution in [3.05, 3.63) is 0 Å². The van der Waals surface area contributed by atoms with Crippen molar-refractivity contribution in [3.63, 3.8) is 0 Å². The molecular weight excluding hydrogens is 343 g/mol. The highest BCUT2D eigenvalue weighted by Crippen LogP contribution is 2.35. The van der Waals surface area contributed by atoms with Crippen LogP contribution in [-0.2, 0) is 14.0 Å². The van der Waals surface area contributed by atoms with E-state index in [9.17, 15) is 9.36 Å². The summed E-state index contributed by atoms with van der Waals surface area (Å²) < 4.78 is 20.5. The molecule has 0 rings (SSSR count). The average molecular weight is 380 g/mol. The molecule has 0 heterocycles. The number of hydrogen-bond acceptors (Lipinski definition) is 4. The summed E-state index contributed by atoms with van der Waals surface area (Å²) in [6, 6.07) is 0. The molecule has 0 aromatic carbocycles. The van der Waals surface area contributed by atoms with Gasteiger partial charge in [-0.1, -0.05) is 77.6 Å². The van der Waals surface area contributed by atoms with Crippen LogP contribution >= 0.6 is 7.60 Å². The van der Waals surface area contributed by atoms with E-state index in [-0.39, 0.29) is 0 Å². The Bertz CT molecular complexity index is 369. The van der Waals surface area contributed by atoms with Crippen LogP contribution in [0.1, 0.15) is 90.9 Å². The van der Waals surface area contributed by atoms with Crippen LogP contribution in [0.25, 0.3) is 0 Å². The van der Waals surface area contributed by atoms with Gasteiger partial charge in [0.05, 0.1) is 12.8 Å². The molecule has 0 fully saturated rings. The average Bonchev–Trinajstić information content (AvgIpc) is 2.49. The largest absolute Gasteiger partial charge is 0.508 e. The third-order valence-electron chi connectivity index (χ3n) is 4.01. The van der Waals surface area contributed by atoms with E-state index >= 15 is 0 Å². The molecule has 0 saturated heterocycles. The van der Waals surface area contributed by atoms with Crippen LogP contribution in [0, 0.1) is 0 Å². The van der Waals surface area contributed by atoms with E-state index in [1.54, 1.807) is 0 Å². The second kappa shape index (κ2) is 15.7. The molecule has 0 aliphatic carbocycles. The monoisotopic (exact) mass is 380 g/mol. The van der Waals surface area contributed by atoms with Gasteiger partial charge in [-0.3, -0.25) is 4.57 Å². The maximum Gasteiger partial charge on any atom is 0.508 e. The molecule has 0 amide bonds. The minimum absolute atomic E-state index is 0.291. The second-order valence-electron chi connectivity index (χ2n) is 6.76. The zero-order chi connectivity index (χ0) is 19.0. The number of carbonyl (C=O) groups is 1. The predicted octanol–water partition coefficient (Wildman–Crippen LogP) is 5.41. The molecular formula is C18H37O6P. The SMILES string of the molecule is CCCCCCCCCCCCCCOC(=O)O[C@@H](C)CP(=O)(O)O. The van der Waals surface area contributed by atoms with Crippen molar-refractivity contribution in [1.29, 1.82) is 0 Å². The molecule has 7 heteroatoms. The molecule has 0 aromatic rings. The number of rotatable bonds is 16. The van der Waals surface area contributed by atoms with Crippen molar-refractivity contribution in [3.8, 4) is 0 Å². The summed E-state index contributed by atoms with van der Waals surface area (Å²) in [5.41, 5.74) is 0. The Hall–Kier alpha value is -0.580. The van der Waals surface area contributed by atoms with Gasteiger partial charge in [-0.15, -0.1) is 0 Å². The topological polar surface area (TPSA) is 93.1 Å². The zero-order valence-electron chi connectivity index (χ0n) is 16.0. The van der Waals surface area contributed by atoms with E-state index < -0.39 is 26.0 Å². The Morgan fingerprint density at radius 2 is 1.32 bits per heavy atom. The molecule has 150 valence electrons. The normalized spacial score (nSPS) is 12.8. The molecule has 0 aliphatic heterocycles. The summed E-state index contributed by atoms with van der Waals surface area (Å²) >= 11 is 0. The van der Waals surface area contributed by atoms with Crippen molar-refractivity contribution in [2.45, 2.75) is 97.0 Å². The van der Waals surface area contributed by atoms with Crippen LogP contribution in [0.3, 0.4) is 0 Å². The van der Waals surface area contributed by atoms with Gasteiger partial charge in [0, 0.05) is 0 Å². The Labute approximate surface area is 152 Å². The van der Waals surface area contributed by atoms with Crippen molar-refractivity contribution in [1.82, 2.24) is 0 Å². The van der Waals surface area contributed by atoms with Crippen molar-refractivity contribution < 1.29 is 28.6 Å². The lowest BCUT2D eigenvalue weighted by Crippen LogP contribution is -2.19. The highest BCUT2D eigenvalue weighted by atomic mass is 31.2. The fraction of sp³-hybridized carbons (Fsp3) is 0.944. The molecule has 0 aliphatic rings. The van der Waals surface area contributed by atoms with Gasteiger partial charge in [0.1, 0.15) is 6.10 Å². The minimum atomic E-state index is -4.17. The van der Waals surface area contributed by atoms with Crippen LogP contribution in [0.2, 0.25) is 0 Å². The van der Waals surface area contributed by atoms with Crippen LogP contribution in [0.15, 0.2) is 0 Å². The van der Waals surface area contributed by atoms with Gasteiger partial charge in [-0.25, -0.2) is 4.79 Å². The first kappa shape index (κ1) is 24.4. The van der Waals surface area contributed by atoms with E-state index in [2.05, 4.69) is 6.92 Å². The standard InChI is InChI=1S/C18H37O6P/c1-3-4-5-6-7-8-9-10-11-12-13-14-15-23-18(19)24-17(2)16-25(20,21)22/h17H,3-16H2,1-2H3,(H2,20,21,22)/t17-/m0/s1. The molecule has 6 nitrogen and oxygen atoms in total. The number of ether oxygens (including phenoxy) is 2. The van der Waals surface area contributed by atoms with E-state index in [0.29, 0.717) is 6.61 Å². The lowest BCUT2D eigenvalue weighted by atomic mass is 10.1. The highest BCUT2D eigenvalue weighted by molar-refractivity contribution is 7.51. The fourth-order valence-corrected chi connectivity index (χ4v) is 3.41. The van der Waals surface area contributed by atoms with Gasteiger partial charge in [0.15, 0.2) is 0 Å². The summed E-state index contributed by atoms with van der Waals surface area (Å²) in [6.45, 7) is 3.96. The van der Waals surface area contributed by atoms with Gasteiger partial charge in [0.25, 0.3) is 0 Å². The lowest BCUT2D eigenvalue weighted by Gasteiger charge is -2.13. The quantitative estimate of drug-likeness (QED) is 0.211. The van der Waals surface area contributed by atoms with Crippen LogP contribution in [0.5, 0.6) is 0 Å². The minimum Gasteiger partial charge on any atom is -0.434 e. The van der Waals surface area contributed by atoms with E-state index in [1.165, 1.54) is 64.7 Å². The summed E-state index contributed by atoms with van der Waals surface area (Å²) in [5.74, 6) is 0. The van der Waals surface area contributed by atoms with Gasteiger partial charge in [-0.05, 0) is 13.3 Å². The number of unbranched alkanes of at least 4 members (excludes halogenated alkanes) is 11. The van der Waals surface area contributed by atoms with Crippen LogP contribution in [0.4, 0.5) is 4.79 Å². The molecule has 0 unspecified atom stereocenters. The molecule has 0 aromatic heterocycles. The summed E-state index contributed by atoms with van der Waals surface area (Å²) in [4.78, 5) is 28.9. The number of carbonyl (C=O) groups excluding carboxylic acids is 1. The van der Waals surface area contributed by atoms with Crippen molar-refractivity contribution >= 4 is 13.8 Å². The smallest absolute Gasteiger partial charge is 0.434 e. The third kappa shape index (κ3) is 19.6. The molecule has 0 saturated carbocycles. The highest BCUT2D eigenvalue weighted by Gasteiger charge is 2.21. The Morgan fingerprint density at radius 3 is 1.76 bits per heavy atom. The predicted molar refractivity (Wildman–Crippen MR) is 99.9 cm³/mol. The van der Waals surface area contributed by atoms with Crippen LogP contribution < -0.4 is 0 Å². The Balaban J connectivity index is 3.32. The molecule has 0 bridgehead atoms. The van der Waals surface area contributed by atoms with E-state index in [1.807, 2.05) is 0 Å². The molecule has 2 N–H and O–H groups in total. The fourth-order valence-electron chi connectivity index (χ4n) is 2.67. The Morgan fingerprint density at radius 1 is 0.880 bits per heavy atom. The molecule has 1 atom stereocenters. The summed E-state index contributed by atoms with van der Waals surface area (Å²) in [5, 5.41) is 0. The summed E-state index contributed by atoms with van der Waals surface area (Å²) in [7, 11) is -4.17. The molecule has 0 radical (unpaired) electrons. The third-order valence-corrected chi connectivity index (χ3v) is 5.00. The van der Waals surface area contributed by atoms with Crippen molar-refractivity contribution in [2.75, 3.05) is 12.8 Å². The summed E-state index contributed by atoms with van der Waals surface area (Å²) in [6.07, 6.45) is 12.7. The maximum atomic E-state index is 11.3. The van der Waals surface area contributed by atoms with E-state index in [0.717, 1.165) is 19.3 Å². The molecule has 0 spiro atoms. The van der Waals surface area contributed by atoms with Gasteiger partial charge in [0.2, 0.25) is 0 Å². The van der Waals surface area contributed by atoms with Gasteiger partial charge in [-0.2, -0.15) is 0 Å². The van der Waals surface area contributed by atoms with Gasteiger partial charge >= 0.3 is 13.8 Å². The maximum absolute atomic E-state index is 11.3. The first-order valence-electron chi connectivity index (χ1n) is 9.73. The first-order valence-corrected chi connectivity index (χ1v) is 11.5. The van der Waals surface area contributed by atoms with Crippen molar-refractivity contribution in [2.24, 2.45) is 0 Å². The van der Waals surface area contributed by atoms with Gasteiger partial charge < -0.3 is 19.3 Å². The second-order valence-corrected chi connectivity index (χ2v) is 8.46. The van der Waals surface area contributed by atoms with Crippen LogP contribution in [-0.4, -0.2) is 34.8 Å². The van der Waals surface area contributed by atoms with E-state index in [4.69, 9.17) is 19.3 Å². The number of hydrogen-bond donors (Lipinski definition) is 2. The zero-order valence-corrected chi connectivity index (χ0v) is 16.8. The Kier molecular flexibility index (Phi) is 15.3. The molecule has 25 heavy (non-hydrogen) atoms.